The van der Waals surface area contributed by atoms with Crippen molar-refractivity contribution in [2.24, 2.45) is 5.92 Å². The minimum Gasteiger partial charge on any atom is -0.493 e. The van der Waals surface area contributed by atoms with Crippen molar-refractivity contribution in [3.63, 3.8) is 0 Å². The predicted molar refractivity (Wildman–Crippen MR) is 191 cm³/mol. The van der Waals surface area contributed by atoms with Gasteiger partial charge in [0.15, 0.2) is 17.3 Å². The number of benzene rings is 2. The number of nitrogens with zero attached hydrogens (tertiary/aromatic N) is 6. The van der Waals surface area contributed by atoms with E-state index >= 15 is 0 Å². The van der Waals surface area contributed by atoms with E-state index < -0.39 is 6.04 Å². The molecule has 11 heteroatoms. The summed E-state index contributed by atoms with van der Waals surface area (Å²) in [6.07, 6.45) is 9.09. The van der Waals surface area contributed by atoms with Gasteiger partial charge in [-0.2, -0.15) is 0 Å². The molecule has 10 nitrogen and oxygen atoms in total. The van der Waals surface area contributed by atoms with Crippen molar-refractivity contribution >= 4 is 46.0 Å². The van der Waals surface area contributed by atoms with Crippen molar-refractivity contribution in [1.29, 1.82) is 0 Å². The SMILES string of the molecule is CCC(C)Oc1cc2c(cc1OC)CC(=O)N(c1cnc(N(C)CC3CCC(N4CC(=O)N(C)C4)CC3)cn1)[C@H]2c1ccc(I)cc1. The zero-order chi connectivity index (χ0) is 33.2. The van der Waals surface area contributed by atoms with Gasteiger partial charge in [-0.3, -0.25) is 19.4 Å². The molecule has 2 atom stereocenters. The molecule has 2 fully saturated rings. The average Bonchev–Trinajstić information content (AvgIpc) is 3.42. The van der Waals surface area contributed by atoms with E-state index in [1.165, 1.54) is 0 Å². The molecule has 1 saturated heterocycles. The van der Waals surface area contributed by atoms with Crippen LogP contribution in [0.25, 0.3) is 0 Å². The van der Waals surface area contributed by atoms with Gasteiger partial charge in [0.25, 0.3) is 0 Å². The summed E-state index contributed by atoms with van der Waals surface area (Å²) in [7, 11) is 5.58. The van der Waals surface area contributed by atoms with Crippen LogP contribution in [-0.4, -0.2) is 84.7 Å². The molecular weight excluding hydrogens is 707 g/mol. The number of carbonyl (C=O) groups excluding carboxylic acids is 2. The lowest BCUT2D eigenvalue weighted by Crippen LogP contribution is -2.41. The zero-order valence-corrected chi connectivity index (χ0v) is 30.1. The maximum absolute atomic E-state index is 13.9. The number of rotatable bonds is 10. The second kappa shape index (κ2) is 14.3. The van der Waals surface area contributed by atoms with E-state index in [1.807, 2.05) is 31.0 Å². The third kappa shape index (κ3) is 7.20. The van der Waals surface area contributed by atoms with Crippen molar-refractivity contribution in [2.75, 3.05) is 50.8 Å². The number of hydrogen-bond donors (Lipinski definition) is 0. The summed E-state index contributed by atoms with van der Waals surface area (Å²) >= 11 is 2.30. The highest BCUT2D eigenvalue weighted by molar-refractivity contribution is 14.1. The van der Waals surface area contributed by atoms with Crippen LogP contribution in [0.3, 0.4) is 0 Å². The van der Waals surface area contributed by atoms with E-state index in [1.54, 1.807) is 24.4 Å². The molecule has 1 aliphatic carbocycles. The van der Waals surface area contributed by atoms with Crippen LogP contribution in [0.1, 0.15) is 68.7 Å². The summed E-state index contributed by atoms with van der Waals surface area (Å²) in [5.41, 5.74) is 2.90. The van der Waals surface area contributed by atoms with Crippen molar-refractivity contribution in [3.05, 3.63) is 69.1 Å². The number of anilines is 2. The number of carbonyl (C=O) groups is 2. The van der Waals surface area contributed by atoms with Gasteiger partial charge in [-0.05, 0) is 108 Å². The quantitative estimate of drug-likeness (QED) is 0.245. The Labute approximate surface area is 291 Å². The van der Waals surface area contributed by atoms with Crippen molar-refractivity contribution in [2.45, 2.75) is 70.6 Å². The molecule has 250 valence electrons. The largest absolute Gasteiger partial charge is 0.493 e. The summed E-state index contributed by atoms with van der Waals surface area (Å²) in [4.78, 5) is 43.7. The van der Waals surface area contributed by atoms with E-state index in [-0.39, 0.29) is 24.3 Å². The fourth-order valence-corrected chi connectivity index (χ4v) is 7.45. The van der Waals surface area contributed by atoms with Gasteiger partial charge in [0.05, 0.1) is 51.3 Å². The second-order valence-corrected chi connectivity index (χ2v) is 14.4. The number of likely N-dealkylation sites (N-methyl/N-ethyl adjacent to an activating group) is 1. The van der Waals surface area contributed by atoms with Crippen molar-refractivity contribution < 1.29 is 19.1 Å². The summed E-state index contributed by atoms with van der Waals surface area (Å²) < 4.78 is 13.1. The molecule has 2 aromatic carbocycles. The highest BCUT2D eigenvalue weighted by Crippen LogP contribution is 2.43. The Morgan fingerprint density at radius 3 is 2.38 bits per heavy atom. The lowest BCUT2D eigenvalue weighted by molar-refractivity contribution is -0.125. The van der Waals surface area contributed by atoms with Gasteiger partial charge in [0.1, 0.15) is 5.82 Å². The van der Waals surface area contributed by atoms with Crippen LogP contribution in [0, 0.1) is 9.49 Å². The lowest BCUT2D eigenvalue weighted by Gasteiger charge is -2.37. The molecule has 1 saturated carbocycles. The molecule has 1 aromatic heterocycles. The first-order chi connectivity index (χ1) is 22.6. The molecule has 0 bridgehead atoms. The van der Waals surface area contributed by atoms with Gasteiger partial charge in [-0.1, -0.05) is 19.1 Å². The standard InChI is InChI=1S/C36H45IN6O4/c1-6-23(2)47-31-17-29-26(15-30(31)46-5)16-34(44)43(36(29)25-9-11-27(37)12-10-25)33-19-38-32(18-39-33)40(3)20-24-7-13-28(14-8-24)42-21-35(45)41(4)22-42/h9-12,15,17-19,23-24,28,36H,6-8,13-14,16,20-22H2,1-5H3/t23?,24?,28?,36-/m0/s1. The van der Waals surface area contributed by atoms with Crippen molar-refractivity contribution in [1.82, 2.24) is 19.8 Å². The summed E-state index contributed by atoms with van der Waals surface area (Å²) in [5, 5.41) is 0. The van der Waals surface area contributed by atoms with E-state index in [2.05, 4.69) is 70.6 Å². The molecule has 1 unspecified atom stereocenters. The Morgan fingerprint density at radius 2 is 1.77 bits per heavy atom. The number of halogens is 1. The normalized spacial score (nSPS) is 22.3. The highest BCUT2D eigenvalue weighted by Gasteiger charge is 2.37. The number of methoxy groups -OCH3 is 1. The Kier molecular flexibility index (Phi) is 10.2. The van der Waals surface area contributed by atoms with Crippen LogP contribution >= 0.6 is 22.6 Å². The molecule has 0 spiro atoms. The molecule has 2 aliphatic heterocycles. The third-order valence-corrected chi connectivity index (χ3v) is 10.7. The molecule has 3 heterocycles. The summed E-state index contributed by atoms with van der Waals surface area (Å²) in [6.45, 7) is 6.31. The third-order valence-electron chi connectivity index (χ3n) is 9.96. The average molecular weight is 753 g/mol. The lowest BCUT2D eigenvalue weighted by atomic mass is 9.85. The highest BCUT2D eigenvalue weighted by atomic mass is 127. The van der Waals surface area contributed by atoms with Crippen LogP contribution in [0.15, 0.2) is 48.8 Å². The maximum atomic E-state index is 13.9. The minimum atomic E-state index is -0.396. The van der Waals surface area contributed by atoms with Gasteiger partial charge in [0, 0.05) is 30.3 Å². The summed E-state index contributed by atoms with van der Waals surface area (Å²) in [5.74, 6) is 3.34. The topological polar surface area (TPSA) is 91.3 Å². The molecule has 3 aliphatic rings. The first kappa shape index (κ1) is 33.5. The first-order valence-electron chi connectivity index (χ1n) is 16.6. The van der Waals surface area contributed by atoms with E-state index in [4.69, 9.17) is 19.4 Å². The van der Waals surface area contributed by atoms with E-state index in [0.29, 0.717) is 35.8 Å². The minimum absolute atomic E-state index is 0.0169. The Morgan fingerprint density at radius 1 is 1.02 bits per heavy atom. The molecule has 3 aromatic rings. The van der Waals surface area contributed by atoms with E-state index in [0.717, 1.165) is 71.4 Å². The fourth-order valence-electron chi connectivity index (χ4n) is 7.09. The number of aromatic nitrogens is 2. The molecule has 0 radical (unpaired) electrons. The van der Waals surface area contributed by atoms with Gasteiger partial charge in [-0.15, -0.1) is 0 Å². The maximum Gasteiger partial charge on any atom is 0.237 e. The van der Waals surface area contributed by atoms with Gasteiger partial charge in [0.2, 0.25) is 11.8 Å². The van der Waals surface area contributed by atoms with Gasteiger partial charge < -0.3 is 19.3 Å². The summed E-state index contributed by atoms with van der Waals surface area (Å²) in [6, 6.07) is 12.3. The van der Waals surface area contributed by atoms with Crippen LogP contribution in [0.5, 0.6) is 11.5 Å². The Balaban J connectivity index is 1.21. The molecule has 2 amide bonds. The van der Waals surface area contributed by atoms with Crippen LogP contribution in [-0.2, 0) is 16.0 Å². The van der Waals surface area contributed by atoms with Crippen molar-refractivity contribution in [3.8, 4) is 11.5 Å². The van der Waals surface area contributed by atoms with Gasteiger partial charge >= 0.3 is 0 Å². The number of ether oxygens (including phenoxy) is 2. The Hall–Kier alpha value is -3.45. The zero-order valence-electron chi connectivity index (χ0n) is 28.0. The van der Waals surface area contributed by atoms with E-state index in [9.17, 15) is 9.59 Å². The van der Waals surface area contributed by atoms with Crippen LogP contribution in [0.2, 0.25) is 0 Å². The smallest absolute Gasteiger partial charge is 0.237 e. The fraction of sp³-hybridized carbons (Fsp3) is 0.500. The number of amides is 2. The van der Waals surface area contributed by atoms with Crippen LogP contribution in [0.4, 0.5) is 11.6 Å². The van der Waals surface area contributed by atoms with Gasteiger partial charge in [-0.25, -0.2) is 9.97 Å². The monoisotopic (exact) mass is 752 g/mol. The molecule has 0 N–H and O–H groups in total. The second-order valence-electron chi connectivity index (χ2n) is 13.2. The number of hydrogen-bond acceptors (Lipinski definition) is 8. The first-order valence-corrected chi connectivity index (χ1v) is 17.7. The Bertz CT molecular complexity index is 1580. The molecule has 6 rings (SSSR count). The van der Waals surface area contributed by atoms with Crippen LogP contribution < -0.4 is 19.3 Å². The number of fused-ring (bicyclic) bond motifs is 1. The molecule has 47 heavy (non-hydrogen) atoms. The predicted octanol–water partition coefficient (Wildman–Crippen LogP) is 5.67. The molecular formula is C36H45IN6O4.